The molecule has 0 aromatic heterocycles. The summed E-state index contributed by atoms with van der Waals surface area (Å²) in [5, 5.41) is 3.40. The predicted molar refractivity (Wildman–Crippen MR) is 68.6 cm³/mol. The second-order valence-electron chi connectivity index (χ2n) is 5.32. The van der Waals surface area contributed by atoms with Crippen LogP contribution in [0.3, 0.4) is 0 Å². The highest BCUT2D eigenvalue weighted by molar-refractivity contribution is 5.17. The lowest BCUT2D eigenvalue weighted by atomic mass is 9.99. The van der Waals surface area contributed by atoms with Crippen molar-refractivity contribution >= 4 is 0 Å². The Morgan fingerprint density at radius 3 is 2.82 bits per heavy atom. The molecule has 17 heavy (non-hydrogen) atoms. The van der Waals surface area contributed by atoms with Crippen LogP contribution in [-0.4, -0.2) is 36.6 Å². The minimum Gasteiger partial charge on any atom is -0.314 e. The summed E-state index contributed by atoms with van der Waals surface area (Å²) in [6.45, 7) is 8.48. The maximum atomic E-state index is 13.5. The Hall–Kier alpha value is -0.930. The first-order valence-electron chi connectivity index (χ1n) is 6.29. The third kappa shape index (κ3) is 3.05. The van der Waals surface area contributed by atoms with Crippen molar-refractivity contribution in [1.82, 2.24) is 10.2 Å². The Kier molecular flexibility index (Phi) is 3.79. The van der Waals surface area contributed by atoms with Gasteiger partial charge in [-0.3, -0.25) is 4.90 Å². The molecule has 1 heterocycles. The number of hydrogen-bond acceptors (Lipinski definition) is 2. The van der Waals surface area contributed by atoms with Crippen molar-refractivity contribution in [3.63, 3.8) is 0 Å². The predicted octanol–water partition coefficient (Wildman–Crippen LogP) is 2.05. The molecule has 1 saturated heterocycles. The lowest BCUT2D eigenvalue weighted by molar-refractivity contribution is 0.0919. The fraction of sp³-hybridized carbons (Fsp3) is 0.571. The fourth-order valence-electron chi connectivity index (χ4n) is 2.39. The highest BCUT2D eigenvalue weighted by atomic mass is 19.1. The number of halogens is 1. The van der Waals surface area contributed by atoms with Crippen LogP contribution in [-0.2, 0) is 6.42 Å². The highest BCUT2D eigenvalue weighted by Gasteiger charge is 2.28. The molecular weight excluding hydrogens is 215 g/mol. The van der Waals surface area contributed by atoms with Gasteiger partial charge in [-0.25, -0.2) is 4.39 Å². The van der Waals surface area contributed by atoms with E-state index in [4.69, 9.17) is 0 Å². The molecule has 1 aliphatic heterocycles. The van der Waals surface area contributed by atoms with E-state index >= 15 is 0 Å². The van der Waals surface area contributed by atoms with E-state index < -0.39 is 0 Å². The Balaban J connectivity index is 1.96. The fourth-order valence-corrected chi connectivity index (χ4v) is 2.39. The van der Waals surface area contributed by atoms with Crippen molar-refractivity contribution in [1.29, 1.82) is 0 Å². The van der Waals surface area contributed by atoms with Gasteiger partial charge >= 0.3 is 0 Å². The molecule has 0 bridgehead atoms. The molecule has 0 saturated carbocycles. The molecule has 0 radical (unpaired) electrons. The van der Waals surface area contributed by atoms with Gasteiger partial charge in [0.15, 0.2) is 0 Å². The minimum absolute atomic E-state index is 0.0829. The minimum atomic E-state index is -0.0829. The van der Waals surface area contributed by atoms with Crippen molar-refractivity contribution in [2.24, 2.45) is 0 Å². The van der Waals surface area contributed by atoms with E-state index in [1.54, 1.807) is 6.07 Å². The van der Waals surface area contributed by atoms with E-state index in [9.17, 15) is 4.39 Å². The van der Waals surface area contributed by atoms with Crippen LogP contribution in [0.2, 0.25) is 0 Å². The maximum absolute atomic E-state index is 13.5. The highest BCUT2D eigenvalue weighted by Crippen LogP contribution is 2.17. The van der Waals surface area contributed by atoms with E-state index in [0.717, 1.165) is 38.2 Å². The van der Waals surface area contributed by atoms with Crippen LogP contribution in [0.15, 0.2) is 24.3 Å². The van der Waals surface area contributed by atoms with Gasteiger partial charge in [0.1, 0.15) is 5.82 Å². The summed E-state index contributed by atoms with van der Waals surface area (Å²) in [6, 6.07) is 7.07. The third-order valence-electron chi connectivity index (χ3n) is 3.58. The largest absolute Gasteiger partial charge is 0.314 e. The van der Waals surface area contributed by atoms with Crippen LogP contribution < -0.4 is 5.32 Å². The Morgan fingerprint density at radius 1 is 1.35 bits per heavy atom. The molecule has 94 valence electrons. The lowest BCUT2D eigenvalue weighted by Crippen LogP contribution is -2.58. The average Bonchev–Trinajstić information content (AvgIpc) is 2.29. The van der Waals surface area contributed by atoms with Gasteiger partial charge in [-0.2, -0.15) is 0 Å². The molecule has 1 aromatic carbocycles. The molecule has 1 fully saturated rings. The van der Waals surface area contributed by atoms with Gasteiger partial charge in [0.2, 0.25) is 0 Å². The van der Waals surface area contributed by atoms with E-state index in [-0.39, 0.29) is 11.4 Å². The molecule has 0 aliphatic carbocycles. The summed E-state index contributed by atoms with van der Waals surface area (Å²) in [4.78, 5) is 2.44. The van der Waals surface area contributed by atoms with E-state index in [2.05, 4.69) is 24.1 Å². The van der Waals surface area contributed by atoms with Crippen molar-refractivity contribution in [3.8, 4) is 0 Å². The Bertz CT molecular complexity index is 376. The molecule has 3 heteroatoms. The zero-order chi connectivity index (χ0) is 12.3. The van der Waals surface area contributed by atoms with Gasteiger partial charge in [-0.15, -0.1) is 0 Å². The van der Waals surface area contributed by atoms with Crippen LogP contribution >= 0.6 is 0 Å². The van der Waals surface area contributed by atoms with Gasteiger partial charge in [0, 0.05) is 31.7 Å². The lowest BCUT2D eigenvalue weighted by Gasteiger charge is -2.43. The van der Waals surface area contributed by atoms with Gasteiger partial charge < -0.3 is 5.32 Å². The molecule has 1 aliphatic rings. The normalized spacial score (nSPS) is 20.4. The first-order valence-corrected chi connectivity index (χ1v) is 6.29. The van der Waals surface area contributed by atoms with Crippen LogP contribution in [0.25, 0.3) is 0 Å². The SMILES string of the molecule is CC1(C)CNCCN1CCc1ccccc1F. The van der Waals surface area contributed by atoms with E-state index in [1.165, 1.54) is 6.07 Å². The monoisotopic (exact) mass is 236 g/mol. The molecule has 2 nitrogen and oxygen atoms in total. The maximum Gasteiger partial charge on any atom is 0.126 e. The van der Waals surface area contributed by atoms with Crippen LogP contribution in [0.5, 0.6) is 0 Å². The average molecular weight is 236 g/mol. The van der Waals surface area contributed by atoms with Crippen LogP contribution in [0.4, 0.5) is 4.39 Å². The van der Waals surface area contributed by atoms with Gasteiger partial charge in [-0.05, 0) is 31.9 Å². The van der Waals surface area contributed by atoms with Crippen LogP contribution in [0.1, 0.15) is 19.4 Å². The summed E-state index contributed by atoms with van der Waals surface area (Å²) < 4.78 is 13.5. The number of nitrogens with zero attached hydrogens (tertiary/aromatic N) is 1. The van der Waals surface area contributed by atoms with Crippen molar-refractivity contribution in [2.45, 2.75) is 25.8 Å². The van der Waals surface area contributed by atoms with Crippen molar-refractivity contribution < 1.29 is 4.39 Å². The summed E-state index contributed by atoms with van der Waals surface area (Å²) in [7, 11) is 0. The Labute approximate surface area is 103 Å². The summed E-state index contributed by atoms with van der Waals surface area (Å²) >= 11 is 0. The number of piperazine rings is 1. The van der Waals surface area contributed by atoms with E-state index in [0.29, 0.717) is 0 Å². The standard InChI is InChI=1S/C14H21FN2/c1-14(2)11-16-8-10-17(14)9-7-12-5-3-4-6-13(12)15/h3-6,16H,7-11H2,1-2H3. The molecule has 1 aromatic rings. The van der Waals surface area contributed by atoms with Crippen LogP contribution in [0, 0.1) is 5.82 Å². The summed E-state index contributed by atoms with van der Waals surface area (Å²) in [5.74, 6) is -0.0829. The van der Waals surface area contributed by atoms with Gasteiger partial charge in [0.25, 0.3) is 0 Å². The van der Waals surface area contributed by atoms with Gasteiger partial charge in [0.05, 0.1) is 0 Å². The number of nitrogens with one attached hydrogen (secondary N) is 1. The number of benzene rings is 1. The third-order valence-corrected chi connectivity index (χ3v) is 3.58. The molecule has 0 spiro atoms. The zero-order valence-corrected chi connectivity index (χ0v) is 10.7. The summed E-state index contributed by atoms with van der Waals surface area (Å²) in [6.07, 6.45) is 0.788. The smallest absolute Gasteiger partial charge is 0.126 e. The molecule has 0 amide bonds. The second kappa shape index (κ2) is 5.15. The molecule has 1 N–H and O–H groups in total. The molecule has 0 atom stereocenters. The number of rotatable bonds is 3. The zero-order valence-electron chi connectivity index (χ0n) is 10.7. The second-order valence-corrected chi connectivity index (χ2v) is 5.32. The van der Waals surface area contributed by atoms with Crippen molar-refractivity contribution in [3.05, 3.63) is 35.6 Å². The molecule has 0 unspecified atom stereocenters. The van der Waals surface area contributed by atoms with Gasteiger partial charge in [-0.1, -0.05) is 18.2 Å². The topological polar surface area (TPSA) is 15.3 Å². The van der Waals surface area contributed by atoms with E-state index in [1.807, 2.05) is 12.1 Å². The first kappa shape index (κ1) is 12.5. The quantitative estimate of drug-likeness (QED) is 0.864. The molecule has 2 rings (SSSR count). The molecular formula is C14H21FN2. The Morgan fingerprint density at radius 2 is 2.12 bits per heavy atom. The van der Waals surface area contributed by atoms with Crippen molar-refractivity contribution in [2.75, 3.05) is 26.2 Å². The first-order chi connectivity index (χ1) is 8.09. The number of hydrogen-bond donors (Lipinski definition) is 1. The summed E-state index contributed by atoms with van der Waals surface area (Å²) in [5.41, 5.74) is 0.991.